The van der Waals surface area contributed by atoms with Crippen LogP contribution in [-0.2, 0) is 6.42 Å². The third-order valence-corrected chi connectivity index (χ3v) is 3.50. The molecule has 0 amide bonds. The lowest BCUT2D eigenvalue weighted by Crippen LogP contribution is -2.18. The van der Waals surface area contributed by atoms with Gasteiger partial charge in [0.2, 0.25) is 0 Å². The fourth-order valence-electron chi connectivity index (χ4n) is 2.57. The number of nitrogens with zero attached hydrogens (tertiary/aromatic N) is 2. The van der Waals surface area contributed by atoms with Crippen LogP contribution >= 0.6 is 0 Å². The summed E-state index contributed by atoms with van der Waals surface area (Å²) in [7, 11) is 0. The number of likely N-dealkylation sites (N-methyl/N-ethyl adjacent to an activating group) is 1. The Bertz CT molecular complexity index is 575. The van der Waals surface area contributed by atoms with Gasteiger partial charge in [0, 0.05) is 25.1 Å². The molecular formula is C17H27N3O. The van der Waals surface area contributed by atoms with Crippen molar-refractivity contribution >= 4 is 11.0 Å². The summed E-state index contributed by atoms with van der Waals surface area (Å²) in [4.78, 5) is 4.82. The predicted octanol–water partition coefficient (Wildman–Crippen LogP) is 3.56. The highest BCUT2D eigenvalue weighted by molar-refractivity contribution is 5.78. The van der Waals surface area contributed by atoms with Crippen LogP contribution < -0.4 is 10.1 Å². The quantitative estimate of drug-likeness (QED) is 0.755. The second-order valence-electron chi connectivity index (χ2n) is 5.59. The highest BCUT2D eigenvalue weighted by Gasteiger charge is 2.13. The molecule has 2 aromatic rings. The Morgan fingerprint density at radius 2 is 2.10 bits per heavy atom. The number of ether oxygens (including phenoxy) is 1. The molecule has 0 saturated heterocycles. The maximum Gasteiger partial charge on any atom is 0.121 e. The summed E-state index contributed by atoms with van der Waals surface area (Å²) < 4.78 is 8.04. The van der Waals surface area contributed by atoms with Crippen LogP contribution in [0.1, 0.15) is 46.0 Å². The van der Waals surface area contributed by atoms with E-state index in [1.807, 2.05) is 6.07 Å². The molecule has 0 bridgehead atoms. The summed E-state index contributed by atoms with van der Waals surface area (Å²) in [5, 5.41) is 3.37. The highest BCUT2D eigenvalue weighted by atomic mass is 16.5. The Morgan fingerprint density at radius 3 is 2.76 bits per heavy atom. The van der Waals surface area contributed by atoms with Crippen LogP contribution in [0.5, 0.6) is 5.75 Å². The topological polar surface area (TPSA) is 39.1 Å². The number of nitrogens with one attached hydrogen (secondary N) is 1. The molecule has 1 aromatic heterocycles. The first-order valence-electron chi connectivity index (χ1n) is 8.01. The van der Waals surface area contributed by atoms with E-state index in [9.17, 15) is 0 Å². The molecule has 21 heavy (non-hydrogen) atoms. The van der Waals surface area contributed by atoms with E-state index in [1.165, 1.54) is 5.52 Å². The van der Waals surface area contributed by atoms with E-state index >= 15 is 0 Å². The minimum absolute atomic E-state index is 0.411. The summed E-state index contributed by atoms with van der Waals surface area (Å²) in [5.41, 5.74) is 2.23. The number of imidazole rings is 1. The second kappa shape index (κ2) is 7.46. The number of benzene rings is 1. The highest BCUT2D eigenvalue weighted by Crippen LogP contribution is 2.25. The summed E-state index contributed by atoms with van der Waals surface area (Å²) in [6.07, 6.45) is 1.97. The van der Waals surface area contributed by atoms with Crippen LogP contribution in [0.15, 0.2) is 18.2 Å². The molecule has 0 unspecified atom stereocenters. The van der Waals surface area contributed by atoms with E-state index < -0.39 is 0 Å². The van der Waals surface area contributed by atoms with Crippen LogP contribution in [0.25, 0.3) is 11.0 Å². The third kappa shape index (κ3) is 3.76. The lowest BCUT2D eigenvalue weighted by Gasteiger charge is -2.13. The van der Waals surface area contributed by atoms with Gasteiger partial charge in [-0.3, -0.25) is 0 Å². The number of hydrogen-bond donors (Lipinski definition) is 1. The van der Waals surface area contributed by atoms with Crippen LogP contribution in [0.2, 0.25) is 0 Å². The van der Waals surface area contributed by atoms with Crippen LogP contribution in [0, 0.1) is 0 Å². The zero-order valence-corrected chi connectivity index (χ0v) is 13.6. The minimum atomic E-state index is 0.411. The molecule has 2 rings (SSSR count). The van der Waals surface area contributed by atoms with Crippen molar-refractivity contribution in [3.63, 3.8) is 0 Å². The molecule has 0 saturated carbocycles. The van der Waals surface area contributed by atoms with Gasteiger partial charge in [0.05, 0.1) is 17.6 Å². The average molecular weight is 289 g/mol. The number of hydrogen-bond acceptors (Lipinski definition) is 3. The molecule has 0 aliphatic rings. The van der Waals surface area contributed by atoms with Crippen LogP contribution in [0.3, 0.4) is 0 Å². The summed E-state index contributed by atoms with van der Waals surface area (Å²) in [6, 6.07) is 6.64. The third-order valence-electron chi connectivity index (χ3n) is 3.50. The molecule has 0 aliphatic carbocycles. The largest absolute Gasteiger partial charge is 0.494 e. The minimum Gasteiger partial charge on any atom is -0.494 e. The zero-order chi connectivity index (χ0) is 15.2. The summed E-state index contributed by atoms with van der Waals surface area (Å²) in [5.74, 6) is 2.06. The van der Waals surface area contributed by atoms with Crippen molar-refractivity contribution < 1.29 is 4.74 Å². The van der Waals surface area contributed by atoms with Gasteiger partial charge in [-0.1, -0.05) is 13.8 Å². The van der Waals surface area contributed by atoms with Gasteiger partial charge in [-0.05, 0) is 38.9 Å². The maximum absolute atomic E-state index is 5.71. The van der Waals surface area contributed by atoms with E-state index in [2.05, 4.69) is 49.7 Å². The van der Waals surface area contributed by atoms with E-state index in [0.717, 1.165) is 49.6 Å². The van der Waals surface area contributed by atoms with Crippen molar-refractivity contribution in [3.05, 3.63) is 24.0 Å². The van der Waals surface area contributed by atoms with E-state index in [0.29, 0.717) is 6.04 Å². The number of rotatable bonds is 8. The first kappa shape index (κ1) is 15.8. The SMILES string of the molecule is CCCOc1ccc2c(c1)nc(CCNCC)n2C(C)C. The smallest absolute Gasteiger partial charge is 0.121 e. The Balaban J connectivity index is 2.31. The van der Waals surface area contributed by atoms with Gasteiger partial charge in [0.25, 0.3) is 0 Å². The normalized spacial score (nSPS) is 11.5. The molecule has 0 radical (unpaired) electrons. The molecule has 4 heteroatoms. The monoisotopic (exact) mass is 289 g/mol. The van der Waals surface area contributed by atoms with Gasteiger partial charge in [-0.25, -0.2) is 4.98 Å². The molecule has 0 atom stereocenters. The van der Waals surface area contributed by atoms with Gasteiger partial charge < -0.3 is 14.6 Å². The fourth-order valence-corrected chi connectivity index (χ4v) is 2.57. The van der Waals surface area contributed by atoms with Gasteiger partial charge in [-0.15, -0.1) is 0 Å². The summed E-state index contributed by atoms with van der Waals surface area (Å²) in [6.45, 7) is 11.4. The molecule has 4 nitrogen and oxygen atoms in total. The van der Waals surface area contributed by atoms with Crippen molar-refractivity contribution in [3.8, 4) is 5.75 Å². The fraction of sp³-hybridized carbons (Fsp3) is 0.588. The molecule has 116 valence electrons. The standard InChI is InChI=1S/C17H27N3O/c1-5-11-21-14-7-8-16-15(12-14)19-17(9-10-18-6-2)20(16)13(3)4/h7-8,12-13,18H,5-6,9-11H2,1-4H3. The number of aromatic nitrogens is 2. The van der Waals surface area contributed by atoms with Crippen LogP contribution in [-0.4, -0.2) is 29.2 Å². The first-order chi connectivity index (χ1) is 10.2. The van der Waals surface area contributed by atoms with E-state index in [1.54, 1.807) is 0 Å². The zero-order valence-electron chi connectivity index (χ0n) is 13.6. The Morgan fingerprint density at radius 1 is 1.29 bits per heavy atom. The molecule has 1 aromatic carbocycles. The van der Waals surface area contributed by atoms with E-state index in [4.69, 9.17) is 9.72 Å². The first-order valence-corrected chi connectivity index (χ1v) is 8.01. The van der Waals surface area contributed by atoms with Crippen molar-refractivity contribution in [2.24, 2.45) is 0 Å². The molecule has 0 aliphatic heterocycles. The Kier molecular flexibility index (Phi) is 5.62. The average Bonchev–Trinajstić information content (AvgIpc) is 2.82. The van der Waals surface area contributed by atoms with Gasteiger partial charge >= 0.3 is 0 Å². The predicted molar refractivity (Wildman–Crippen MR) is 88.2 cm³/mol. The van der Waals surface area contributed by atoms with Crippen LogP contribution in [0.4, 0.5) is 0 Å². The van der Waals surface area contributed by atoms with Crippen molar-refractivity contribution in [2.75, 3.05) is 19.7 Å². The Labute approximate surface area is 127 Å². The van der Waals surface area contributed by atoms with Gasteiger partial charge in [-0.2, -0.15) is 0 Å². The number of fused-ring (bicyclic) bond motifs is 1. The summed E-state index contributed by atoms with van der Waals surface area (Å²) >= 11 is 0. The van der Waals surface area contributed by atoms with E-state index in [-0.39, 0.29) is 0 Å². The Hall–Kier alpha value is -1.55. The van der Waals surface area contributed by atoms with Gasteiger partial charge in [0.15, 0.2) is 0 Å². The molecule has 1 heterocycles. The van der Waals surface area contributed by atoms with Crippen molar-refractivity contribution in [1.29, 1.82) is 0 Å². The van der Waals surface area contributed by atoms with Crippen molar-refractivity contribution in [2.45, 2.75) is 46.6 Å². The van der Waals surface area contributed by atoms with Crippen molar-refractivity contribution in [1.82, 2.24) is 14.9 Å². The molecule has 1 N–H and O–H groups in total. The molecule has 0 fully saturated rings. The molecular weight excluding hydrogens is 262 g/mol. The molecule has 0 spiro atoms. The lowest BCUT2D eigenvalue weighted by atomic mass is 10.2. The maximum atomic E-state index is 5.71. The second-order valence-corrected chi connectivity index (χ2v) is 5.59. The lowest BCUT2D eigenvalue weighted by molar-refractivity contribution is 0.318. The van der Waals surface area contributed by atoms with Gasteiger partial charge in [0.1, 0.15) is 11.6 Å².